The molecule has 0 saturated carbocycles. The summed E-state index contributed by atoms with van der Waals surface area (Å²) in [6.45, 7) is 10.1. The van der Waals surface area contributed by atoms with Crippen molar-refractivity contribution < 1.29 is 18.7 Å². The van der Waals surface area contributed by atoms with E-state index in [2.05, 4.69) is 39.6 Å². The Hall–Kier alpha value is -2.08. The number of halogens is 1. The molecule has 1 aromatic carbocycles. The van der Waals surface area contributed by atoms with Gasteiger partial charge in [-0.25, -0.2) is 0 Å². The molecule has 178 valence electrons. The normalized spacial score (nSPS) is 13.4. The number of anilines is 1. The molecule has 1 aliphatic rings. The predicted molar refractivity (Wildman–Crippen MR) is 134 cm³/mol. The zero-order valence-corrected chi connectivity index (χ0v) is 21.4. The smallest absolute Gasteiger partial charge is 0.228 e. The summed E-state index contributed by atoms with van der Waals surface area (Å²) in [5, 5.41) is 10.5. The van der Waals surface area contributed by atoms with Crippen molar-refractivity contribution in [1.29, 1.82) is 0 Å². The van der Waals surface area contributed by atoms with Crippen molar-refractivity contribution in [3.63, 3.8) is 0 Å². The molecule has 0 radical (unpaired) electrons. The third-order valence-electron chi connectivity index (χ3n) is 4.38. The molecule has 32 heavy (non-hydrogen) atoms. The first kappa shape index (κ1) is 26.2. The highest BCUT2D eigenvalue weighted by molar-refractivity contribution is 14.0. The van der Waals surface area contributed by atoms with Crippen LogP contribution in [0.2, 0.25) is 0 Å². The van der Waals surface area contributed by atoms with Gasteiger partial charge in [-0.3, -0.25) is 4.99 Å². The number of benzene rings is 1. The van der Waals surface area contributed by atoms with E-state index in [1.807, 2.05) is 18.2 Å². The molecule has 10 heteroatoms. The minimum atomic E-state index is 0. The minimum Gasteiger partial charge on any atom is -0.490 e. The van der Waals surface area contributed by atoms with Gasteiger partial charge in [0.2, 0.25) is 5.89 Å². The summed E-state index contributed by atoms with van der Waals surface area (Å²) in [6, 6.07) is 5.81. The lowest BCUT2D eigenvalue weighted by atomic mass is 10.2. The highest BCUT2D eigenvalue weighted by Gasteiger charge is 2.12. The van der Waals surface area contributed by atoms with Crippen molar-refractivity contribution in [2.45, 2.75) is 40.0 Å². The second kappa shape index (κ2) is 14.1. The molecule has 0 unspecified atom stereocenters. The molecular weight excluding hydrogens is 525 g/mol. The summed E-state index contributed by atoms with van der Waals surface area (Å²) in [5.41, 5.74) is 0.875. The first-order valence-electron chi connectivity index (χ1n) is 10.9. The molecule has 0 spiro atoms. The summed E-state index contributed by atoms with van der Waals surface area (Å²) in [7, 11) is 0. The van der Waals surface area contributed by atoms with Crippen LogP contribution < -0.4 is 20.1 Å². The number of ether oxygens (including phenoxy) is 3. The van der Waals surface area contributed by atoms with Crippen LogP contribution >= 0.6 is 24.0 Å². The van der Waals surface area contributed by atoms with Gasteiger partial charge in [-0.1, -0.05) is 19.0 Å². The number of rotatable bonds is 10. The molecule has 2 N–H and O–H groups in total. The van der Waals surface area contributed by atoms with Gasteiger partial charge in [0.1, 0.15) is 0 Å². The first-order valence-corrected chi connectivity index (χ1v) is 10.9. The number of hydrogen-bond donors (Lipinski definition) is 2. The van der Waals surface area contributed by atoms with Crippen LogP contribution in [0.5, 0.6) is 11.5 Å². The minimum absolute atomic E-state index is 0. The van der Waals surface area contributed by atoms with Crippen molar-refractivity contribution in [3.05, 3.63) is 29.9 Å². The molecule has 0 aliphatic carbocycles. The van der Waals surface area contributed by atoms with E-state index in [1.165, 1.54) is 0 Å². The van der Waals surface area contributed by atoms with Crippen LogP contribution in [0.4, 0.5) is 5.69 Å². The average Bonchev–Trinajstić information content (AvgIpc) is 3.01. The molecule has 0 bridgehead atoms. The Morgan fingerprint density at radius 2 is 2.03 bits per heavy atom. The quantitative estimate of drug-likeness (QED) is 0.196. The largest absolute Gasteiger partial charge is 0.490 e. The van der Waals surface area contributed by atoms with Crippen LogP contribution in [0.25, 0.3) is 0 Å². The number of guanidine groups is 1. The van der Waals surface area contributed by atoms with E-state index >= 15 is 0 Å². The van der Waals surface area contributed by atoms with Gasteiger partial charge in [0.15, 0.2) is 23.3 Å². The Kier molecular flexibility index (Phi) is 11.6. The average molecular weight is 559 g/mol. The van der Waals surface area contributed by atoms with Gasteiger partial charge in [-0.05, 0) is 31.4 Å². The van der Waals surface area contributed by atoms with Gasteiger partial charge in [-0.15, -0.1) is 24.0 Å². The van der Waals surface area contributed by atoms with E-state index in [1.54, 1.807) is 6.92 Å². The van der Waals surface area contributed by atoms with E-state index in [0.717, 1.165) is 36.6 Å². The molecule has 2 heterocycles. The lowest BCUT2D eigenvalue weighted by Crippen LogP contribution is -2.32. The topological polar surface area (TPSA) is 103 Å². The maximum absolute atomic E-state index is 5.79. The Balaban J connectivity index is 0.00000363. The summed E-state index contributed by atoms with van der Waals surface area (Å²) in [4.78, 5) is 8.91. The lowest BCUT2D eigenvalue weighted by molar-refractivity contribution is 0.109. The molecule has 0 amide bonds. The maximum atomic E-state index is 5.79. The van der Waals surface area contributed by atoms with Gasteiger partial charge in [0.05, 0.1) is 13.2 Å². The van der Waals surface area contributed by atoms with E-state index in [0.29, 0.717) is 62.9 Å². The van der Waals surface area contributed by atoms with Gasteiger partial charge < -0.3 is 29.4 Å². The van der Waals surface area contributed by atoms with E-state index in [9.17, 15) is 0 Å². The fourth-order valence-electron chi connectivity index (χ4n) is 2.92. The first-order chi connectivity index (χ1) is 15.1. The molecule has 0 saturated heterocycles. The Morgan fingerprint density at radius 3 is 2.78 bits per heavy atom. The molecule has 1 aliphatic heterocycles. The molecule has 3 rings (SSSR count). The van der Waals surface area contributed by atoms with E-state index in [-0.39, 0.29) is 24.0 Å². The van der Waals surface area contributed by atoms with Gasteiger partial charge in [0.25, 0.3) is 0 Å². The number of nitrogens with zero attached hydrogens (tertiary/aromatic N) is 3. The summed E-state index contributed by atoms with van der Waals surface area (Å²) >= 11 is 0. The number of nitrogens with one attached hydrogen (secondary N) is 2. The number of hydrogen-bond acceptors (Lipinski definition) is 7. The highest BCUT2D eigenvalue weighted by Crippen LogP contribution is 2.32. The van der Waals surface area contributed by atoms with Crippen molar-refractivity contribution in [1.82, 2.24) is 15.5 Å². The van der Waals surface area contributed by atoms with Crippen LogP contribution in [0.1, 0.15) is 38.4 Å². The van der Waals surface area contributed by atoms with Crippen molar-refractivity contribution >= 4 is 35.6 Å². The van der Waals surface area contributed by atoms with Gasteiger partial charge in [-0.2, -0.15) is 4.98 Å². The Labute approximate surface area is 206 Å². The van der Waals surface area contributed by atoms with Crippen LogP contribution in [-0.4, -0.2) is 55.6 Å². The van der Waals surface area contributed by atoms with E-state index < -0.39 is 0 Å². The van der Waals surface area contributed by atoms with E-state index in [4.69, 9.17) is 18.7 Å². The zero-order chi connectivity index (χ0) is 21.9. The molecule has 0 fully saturated rings. The van der Waals surface area contributed by atoms with Crippen molar-refractivity contribution in [2.75, 3.05) is 44.8 Å². The van der Waals surface area contributed by atoms with Crippen molar-refractivity contribution in [2.24, 2.45) is 10.9 Å². The Morgan fingerprint density at radius 1 is 1.22 bits per heavy atom. The maximum Gasteiger partial charge on any atom is 0.228 e. The Bertz CT molecular complexity index is 843. The van der Waals surface area contributed by atoms with Crippen LogP contribution in [0.3, 0.4) is 0 Å². The molecule has 2 aromatic rings. The van der Waals surface area contributed by atoms with Crippen molar-refractivity contribution in [3.8, 4) is 11.5 Å². The lowest BCUT2D eigenvalue weighted by Gasteiger charge is -2.14. The second-order valence-electron chi connectivity index (χ2n) is 7.80. The van der Waals surface area contributed by atoms with Gasteiger partial charge >= 0.3 is 0 Å². The summed E-state index contributed by atoms with van der Waals surface area (Å²) in [5.74, 6) is 3.95. The number of aryl methyl sites for hydroxylation is 1. The van der Waals surface area contributed by atoms with Crippen LogP contribution in [0, 0.1) is 12.8 Å². The monoisotopic (exact) mass is 559 g/mol. The van der Waals surface area contributed by atoms with Crippen LogP contribution in [0.15, 0.2) is 27.7 Å². The third-order valence-corrected chi connectivity index (χ3v) is 4.38. The van der Waals surface area contributed by atoms with Gasteiger partial charge in [0, 0.05) is 50.9 Å². The highest BCUT2D eigenvalue weighted by atomic mass is 127. The fourth-order valence-corrected chi connectivity index (χ4v) is 2.92. The molecular formula is C22H34IN5O4. The standard InChI is InChI=1S/C22H33N5O4.HI/c1-16(2)15-28-11-4-9-23-22(24-10-8-21-25-17(3)27-31-21)26-18-6-7-19-20(14-18)30-13-5-12-29-19;/h6-7,14,16H,4-5,8-13,15H2,1-3H3,(H2,23,24,26);1H. The number of aliphatic imine (C=N–C) groups is 1. The molecule has 9 nitrogen and oxygen atoms in total. The zero-order valence-electron chi connectivity index (χ0n) is 19.1. The third kappa shape index (κ3) is 9.19. The predicted octanol–water partition coefficient (Wildman–Crippen LogP) is 3.82. The summed E-state index contributed by atoms with van der Waals surface area (Å²) in [6.07, 6.45) is 2.34. The SMILES string of the molecule is Cc1noc(CCNC(=NCCCOCC(C)C)Nc2ccc3c(c2)OCCCO3)n1.I. The molecule has 0 atom stereocenters. The number of fused-ring (bicyclic) bond motifs is 1. The molecule has 1 aromatic heterocycles. The fraction of sp³-hybridized carbons (Fsp3) is 0.591. The number of aromatic nitrogens is 2. The second-order valence-corrected chi connectivity index (χ2v) is 7.80. The summed E-state index contributed by atoms with van der Waals surface area (Å²) < 4.78 is 22.3. The van der Waals surface area contributed by atoms with Crippen LogP contribution in [-0.2, 0) is 11.2 Å².